The fourth-order valence-corrected chi connectivity index (χ4v) is 2.84. The number of methoxy groups -OCH3 is 1. The molecule has 0 radical (unpaired) electrons. The van der Waals surface area contributed by atoms with Crippen LogP contribution in [0, 0.1) is 0 Å². The van der Waals surface area contributed by atoms with Crippen LogP contribution in [0.4, 0.5) is 5.82 Å². The topological polar surface area (TPSA) is 72.3 Å². The Balaban J connectivity index is 1.58. The summed E-state index contributed by atoms with van der Waals surface area (Å²) in [5, 5.41) is 3.36. The van der Waals surface area contributed by atoms with Gasteiger partial charge in [-0.25, -0.2) is 9.97 Å². The van der Waals surface area contributed by atoms with Crippen LogP contribution in [-0.4, -0.2) is 51.6 Å². The van der Waals surface area contributed by atoms with E-state index in [0.717, 1.165) is 31.6 Å². The standard InChI is InChI=1S/C16H21N5O2/c1-20-9-3-4-13(20)16(22)21-10-5-12(6-11-21)19-14-15(23-2)18-8-7-17-14/h3-4,7-9,12H,5-6,10-11H2,1-2H3,(H,17,19). The van der Waals surface area contributed by atoms with E-state index in [0.29, 0.717) is 11.7 Å². The molecule has 1 aliphatic heterocycles. The number of aromatic nitrogens is 3. The van der Waals surface area contributed by atoms with Gasteiger partial charge in [-0.3, -0.25) is 4.79 Å². The highest BCUT2D eigenvalue weighted by molar-refractivity contribution is 5.92. The summed E-state index contributed by atoms with van der Waals surface area (Å²) in [7, 11) is 3.47. The van der Waals surface area contributed by atoms with E-state index in [1.54, 1.807) is 19.5 Å². The van der Waals surface area contributed by atoms with Crippen LogP contribution in [0.15, 0.2) is 30.7 Å². The Kier molecular flexibility index (Phi) is 4.45. The molecule has 0 spiro atoms. The Morgan fingerprint density at radius 3 is 2.70 bits per heavy atom. The molecule has 1 aliphatic rings. The maximum absolute atomic E-state index is 12.5. The van der Waals surface area contributed by atoms with Gasteiger partial charge in [-0.15, -0.1) is 0 Å². The van der Waals surface area contributed by atoms with Gasteiger partial charge in [0, 0.05) is 44.8 Å². The molecule has 0 unspecified atom stereocenters. The lowest BCUT2D eigenvalue weighted by Gasteiger charge is -2.32. The number of carbonyl (C=O) groups is 1. The van der Waals surface area contributed by atoms with Crippen molar-refractivity contribution in [3.8, 4) is 5.88 Å². The number of likely N-dealkylation sites (tertiary alicyclic amines) is 1. The molecule has 1 N–H and O–H groups in total. The van der Waals surface area contributed by atoms with E-state index in [-0.39, 0.29) is 11.9 Å². The second-order valence-electron chi connectivity index (χ2n) is 5.63. The summed E-state index contributed by atoms with van der Waals surface area (Å²) in [5.74, 6) is 1.24. The Hall–Kier alpha value is -2.57. The second kappa shape index (κ2) is 6.68. The molecular weight excluding hydrogens is 294 g/mol. The second-order valence-corrected chi connectivity index (χ2v) is 5.63. The van der Waals surface area contributed by atoms with Crippen molar-refractivity contribution in [2.24, 2.45) is 7.05 Å². The molecule has 0 atom stereocenters. The average molecular weight is 315 g/mol. The number of hydrogen-bond acceptors (Lipinski definition) is 5. The van der Waals surface area contributed by atoms with Crippen LogP contribution >= 0.6 is 0 Å². The number of hydrogen-bond donors (Lipinski definition) is 1. The van der Waals surface area contributed by atoms with Crippen LogP contribution < -0.4 is 10.1 Å². The molecular formula is C16H21N5O2. The van der Waals surface area contributed by atoms with E-state index in [9.17, 15) is 4.79 Å². The molecule has 1 saturated heterocycles. The highest BCUT2D eigenvalue weighted by Gasteiger charge is 2.25. The number of piperidine rings is 1. The fraction of sp³-hybridized carbons (Fsp3) is 0.438. The molecule has 3 heterocycles. The summed E-state index contributed by atoms with van der Waals surface area (Å²) in [4.78, 5) is 22.8. The Labute approximate surface area is 135 Å². The first-order chi connectivity index (χ1) is 11.2. The van der Waals surface area contributed by atoms with Crippen molar-refractivity contribution >= 4 is 11.7 Å². The average Bonchev–Trinajstić information content (AvgIpc) is 3.01. The number of rotatable bonds is 4. The molecule has 0 saturated carbocycles. The molecule has 3 rings (SSSR count). The van der Waals surface area contributed by atoms with E-state index in [1.165, 1.54) is 0 Å². The lowest BCUT2D eigenvalue weighted by molar-refractivity contribution is 0.0708. The number of carbonyl (C=O) groups excluding carboxylic acids is 1. The van der Waals surface area contributed by atoms with Crippen molar-refractivity contribution in [2.45, 2.75) is 18.9 Å². The molecule has 0 bridgehead atoms. The van der Waals surface area contributed by atoms with Gasteiger partial charge < -0.3 is 19.5 Å². The number of nitrogens with one attached hydrogen (secondary N) is 1. The first-order valence-electron chi connectivity index (χ1n) is 7.71. The molecule has 1 amide bonds. The largest absolute Gasteiger partial charge is 0.478 e. The van der Waals surface area contributed by atoms with Crippen LogP contribution in [0.5, 0.6) is 5.88 Å². The Bertz CT molecular complexity index is 677. The highest BCUT2D eigenvalue weighted by Crippen LogP contribution is 2.22. The van der Waals surface area contributed by atoms with Gasteiger partial charge in [-0.05, 0) is 25.0 Å². The number of nitrogens with zero attached hydrogens (tertiary/aromatic N) is 4. The molecule has 23 heavy (non-hydrogen) atoms. The zero-order chi connectivity index (χ0) is 16.2. The van der Waals surface area contributed by atoms with Crippen LogP contribution in [0.1, 0.15) is 23.3 Å². The van der Waals surface area contributed by atoms with Gasteiger partial charge >= 0.3 is 0 Å². The Morgan fingerprint density at radius 1 is 1.30 bits per heavy atom. The predicted octanol–water partition coefficient (Wildman–Crippen LogP) is 1.54. The summed E-state index contributed by atoms with van der Waals surface area (Å²) in [5.41, 5.74) is 0.729. The van der Waals surface area contributed by atoms with Gasteiger partial charge in [0.25, 0.3) is 11.8 Å². The summed E-state index contributed by atoms with van der Waals surface area (Å²) in [6.07, 6.45) is 6.87. The minimum Gasteiger partial charge on any atom is -0.478 e. The summed E-state index contributed by atoms with van der Waals surface area (Å²) in [6.45, 7) is 1.45. The van der Waals surface area contributed by atoms with Crippen molar-refractivity contribution in [3.63, 3.8) is 0 Å². The lowest BCUT2D eigenvalue weighted by atomic mass is 10.0. The fourth-order valence-electron chi connectivity index (χ4n) is 2.84. The van der Waals surface area contributed by atoms with Gasteiger partial charge in [0.2, 0.25) is 0 Å². The molecule has 122 valence electrons. The van der Waals surface area contributed by atoms with Gasteiger partial charge in [-0.2, -0.15) is 0 Å². The number of amides is 1. The van der Waals surface area contributed by atoms with Crippen molar-refractivity contribution in [1.82, 2.24) is 19.4 Å². The lowest BCUT2D eigenvalue weighted by Crippen LogP contribution is -2.43. The van der Waals surface area contributed by atoms with E-state index in [2.05, 4.69) is 15.3 Å². The predicted molar refractivity (Wildman–Crippen MR) is 86.5 cm³/mol. The molecule has 1 fully saturated rings. The zero-order valence-electron chi connectivity index (χ0n) is 13.4. The van der Waals surface area contributed by atoms with E-state index in [1.807, 2.05) is 34.8 Å². The van der Waals surface area contributed by atoms with E-state index in [4.69, 9.17) is 4.74 Å². The molecule has 0 aliphatic carbocycles. The number of anilines is 1. The number of aryl methyl sites for hydroxylation is 1. The molecule has 7 nitrogen and oxygen atoms in total. The zero-order valence-corrected chi connectivity index (χ0v) is 13.4. The van der Waals surface area contributed by atoms with Crippen molar-refractivity contribution in [3.05, 3.63) is 36.4 Å². The minimum absolute atomic E-state index is 0.0908. The summed E-state index contributed by atoms with van der Waals surface area (Å²) < 4.78 is 7.06. The van der Waals surface area contributed by atoms with Crippen LogP contribution in [-0.2, 0) is 7.05 Å². The van der Waals surface area contributed by atoms with Crippen molar-refractivity contribution in [1.29, 1.82) is 0 Å². The van der Waals surface area contributed by atoms with Gasteiger partial charge in [0.1, 0.15) is 5.69 Å². The van der Waals surface area contributed by atoms with Crippen LogP contribution in [0.3, 0.4) is 0 Å². The minimum atomic E-state index is 0.0908. The smallest absolute Gasteiger partial charge is 0.270 e. The maximum atomic E-state index is 12.5. The normalized spacial score (nSPS) is 15.5. The third-order valence-corrected chi connectivity index (χ3v) is 4.14. The third kappa shape index (κ3) is 3.28. The maximum Gasteiger partial charge on any atom is 0.270 e. The monoisotopic (exact) mass is 315 g/mol. The van der Waals surface area contributed by atoms with Crippen molar-refractivity contribution < 1.29 is 9.53 Å². The molecule has 0 aromatic carbocycles. The third-order valence-electron chi connectivity index (χ3n) is 4.14. The van der Waals surface area contributed by atoms with Gasteiger partial charge in [0.15, 0.2) is 5.82 Å². The van der Waals surface area contributed by atoms with Crippen molar-refractivity contribution in [2.75, 3.05) is 25.5 Å². The van der Waals surface area contributed by atoms with Gasteiger partial charge in [-0.1, -0.05) is 0 Å². The first-order valence-corrected chi connectivity index (χ1v) is 7.71. The number of ether oxygens (including phenoxy) is 1. The molecule has 7 heteroatoms. The molecule has 2 aromatic rings. The van der Waals surface area contributed by atoms with E-state index >= 15 is 0 Å². The SMILES string of the molecule is COc1nccnc1NC1CCN(C(=O)c2cccn2C)CC1. The first kappa shape index (κ1) is 15.3. The van der Waals surface area contributed by atoms with E-state index < -0.39 is 0 Å². The Morgan fingerprint density at radius 2 is 2.04 bits per heavy atom. The van der Waals surface area contributed by atoms with Crippen LogP contribution in [0.25, 0.3) is 0 Å². The summed E-state index contributed by atoms with van der Waals surface area (Å²) >= 11 is 0. The summed E-state index contributed by atoms with van der Waals surface area (Å²) in [6, 6.07) is 4.01. The highest BCUT2D eigenvalue weighted by atomic mass is 16.5. The molecule has 2 aromatic heterocycles. The quantitative estimate of drug-likeness (QED) is 0.926. The van der Waals surface area contributed by atoms with Gasteiger partial charge in [0.05, 0.1) is 7.11 Å². The van der Waals surface area contributed by atoms with Crippen LogP contribution in [0.2, 0.25) is 0 Å².